The third kappa shape index (κ3) is 3.74. The molecular weight excluding hydrogens is 269 g/mol. The van der Waals surface area contributed by atoms with Gasteiger partial charge in [-0.05, 0) is 29.8 Å². The van der Waals surface area contributed by atoms with Crippen molar-refractivity contribution in [3.05, 3.63) is 65.5 Å². The molecule has 0 radical (unpaired) electrons. The van der Waals surface area contributed by atoms with Gasteiger partial charge in [0.05, 0.1) is 0 Å². The summed E-state index contributed by atoms with van der Waals surface area (Å²) < 4.78 is 38.3. The monoisotopic (exact) mass is 280 g/mol. The highest BCUT2D eigenvalue weighted by Gasteiger charge is 2.05. The van der Waals surface area contributed by atoms with Gasteiger partial charge in [-0.3, -0.25) is 0 Å². The predicted molar refractivity (Wildman–Crippen MR) is 68.6 cm³/mol. The number of benzene rings is 2. The number of carbonyl (C=O) groups excluding carboxylic acids is 1. The van der Waals surface area contributed by atoms with Crippen LogP contribution in [0.4, 0.5) is 23.7 Å². The minimum atomic E-state index is -1.04. The van der Waals surface area contributed by atoms with E-state index in [9.17, 15) is 18.0 Å². The van der Waals surface area contributed by atoms with E-state index >= 15 is 0 Å². The van der Waals surface area contributed by atoms with Crippen molar-refractivity contribution in [2.45, 2.75) is 6.54 Å². The van der Waals surface area contributed by atoms with Crippen LogP contribution in [0.1, 0.15) is 5.56 Å². The number of halogens is 3. The zero-order valence-electron chi connectivity index (χ0n) is 10.3. The third-order valence-corrected chi connectivity index (χ3v) is 2.54. The van der Waals surface area contributed by atoms with Gasteiger partial charge in [-0.1, -0.05) is 12.1 Å². The van der Waals surface area contributed by atoms with Crippen LogP contribution in [0.15, 0.2) is 42.5 Å². The number of hydrogen-bond acceptors (Lipinski definition) is 1. The fourth-order valence-electron chi connectivity index (χ4n) is 1.53. The molecule has 0 saturated carbocycles. The molecule has 2 aromatic rings. The maximum absolute atomic E-state index is 12.9. The summed E-state index contributed by atoms with van der Waals surface area (Å²) in [6.45, 7) is 0.190. The molecule has 104 valence electrons. The number of amides is 2. The smallest absolute Gasteiger partial charge is 0.319 e. The largest absolute Gasteiger partial charge is 0.334 e. The lowest BCUT2D eigenvalue weighted by Crippen LogP contribution is -2.28. The number of hydrogen-bond donors (Lipinski definition) is 2. The molecule has 0 bridgehead atoms. The zero-order valence-corrected chi connectivity index (χ0v) is 10.3. The molecule has 0 aliphatic carbocycles. The predicted octanol–water partition coefficient (Wildman–Crippen LogP) is 3.43. The number of rotatable bonds is 3. The van der Waals surface area contributed by atoms with Crippen LogP contribution < -0.4 is 10.6 Å². The van der Waals surface area contributed by atoms with Gasteiger partial charge in [-0.15, -0.1) is 0 Å². The Kier molecular flexibility index (Phi) is 4.24. The van der Waals surface area contributed by atoms with Gasteiger partial charge in [0.15, 0.2) is 11.6 Å². The Balaban J connectivity index is 1.89. The first-order chi connectivity index (χ1) is 9.54. The Bertz CT molecular complexity index is 614. The van der Waals surface area contributed by atoms with Crippen molar-refractivity contribution in [3.8, 4) is 0 Å². The average Bonchev–Trinajstić information content (AvgIpc) is 2.42. The summed E-state index contributed by atoms with van der Waals surface area (Å²) >= 11 is 0. The Morgan fingerprint density at radius 1 is 0.950 bits per heavy atom. The van der Waals surface area contributed by atoms with E-state index < -0.39 is 17.7 Å². The molecule has 0 heterocycles. The summed E-state index contributed by atoms with van der Waals surface area (Å²) in [5, 5.41) is 4.87. The molecule has 0 fully saturated rings. The lowest BCUT2D eigenvalue weighted by atomic mass is 10.2. The van der Waals surface area contributed by atoms with E-state index in [-0.39, 0.29) is 18.0 Å². The van der Waals surface area contributed by atoms with Crippen molar-refractivity contribution in [1.29, 1.82) is 0 Å². The normalized spacial score (nSPS) is 10.2. The highest BCUT2D eigenvalue weighted by Crippen LogP contribution is 2.12. The number of urea groups is 1. The number of anilines is 1. The molecule has 0 unspecified atom stereocenters. The molecule has 0 atom stereocenters. The molecule has 2 rings (SSSR count). The molecule has 0 spiro atoms. The Hall–Kier alpha value is -2.50. The van der Waals surface area contributed by atoms with E-state index in [1.807, 2.05) is 0 Å². The minimum absolute atomic E-state index is 0.139. The molecular formula is C14H11F3N2O. The fourth-order valence-corrected chi connectivity index (χ4v) is 1.53. The second-order valence-electron chi connectivity index (χ2n) is 4.06. The Morgan fingerprint density at radius 3 is 2.30 bits per heavy atom. The van der Waals surface area contributed by atoms with E-state index in [1.54, 1.807) is 0 Å². The van der Waals surface area contributed by atoms with Gasteiger partial charge in [0.25, 0.3) is 0 Å². The molecule has 0 aromatic heterocycles. The average molecular weight is 280 g/mol. The standard InChI is InChI=1S/C14H11F3N2O/c15-10-3-1-9(2-4-10)8-18-14(20)19-11-5-6-12(16)13(17)7-11/h1-7H,8H2,(H2,18,19,20). The summed E-state index contributed by atoms with van der Waals surface area (Å²) in [6.07, 6.45) is 0. The van der Waals surface area contributed by atoms with Crippen LogP contribution in [0.2, 0.25) is 0 Å². The van der Waals surface area contributed by atoms with Crippen LogP contribution in [0.5, 0.6) is 0 Å². The van der Waals surface area contributed by atoms with Gasteiger partial charge in [-0.25, -0.2) is 18.0 Å². The van der Waals surface area contributed by atoms with Crippen molar-refractivity contribution < 1.29 is 18.0 Å². The first-order valence-corrected chi connectivity index (χ1v) is 5.79. The van der Waals surface area contributed by atoms with E-state index in [2.05, 4.69) is 10.6 Å². The van der Waals surface area contributed by atoms with Crippen LogP contribution in [-0.4, -0.2) is 6.03 Å². The van der Waals surface area contributed by atoms with Crippen molar-refractivity contribution in [1.82, 2.24) is 5.32 Å². The minimum Gasteiger partial charge on any atom is -0.334 e. The summed E-state index contributed by atoms with van der Waals surface area (Å²) in [6, 6.07) is 8.11. The first-order valence-electron chi connectivity index (χ1n) is 5.79. The summed E-state index contributed by atoms with van der Waals surface area (Å²) in [5.41, 5.74) is 0.854. The van der Waals surface area contributed by atoms with E-state index in [1.165, 1.54) is 30.3 Å². The molecule has 0 aliphatic rings. The third-order valence-electron chi connectivity index (χ3n) is 2.54. The van der Waals surface area contributed by atoms with Gasteiger partial charge >= 0.3 is 6.03 Å². The SMILES string of the molecule is O=C(NCc1ccc(F)cc1)Nc1ccc(F)c(F)c1. The zero-order chi connectivity index (χ0) is 14.5. The molecule has 2 amide bonds. The number of carbonyl (C=O) groups is 1. The van der Waals surface area contributed by atoms with Gasteiger partial charge in [-0.2, -0.15) is 0 Å². The van der Waals surface area contributed by atoms with Crippen LogP contribution in [0.3, 0.4) is 0 Å². The van der Waals surface area contributed by atoms with Crippen LogP contribution in [0, 0.1) is 17.5 Å². The van der Waals surface area contributed by atoms with Crippen LogP contribution in [0.25, 0.3) is 0 Å². The van der Waals surface area contributed by atoms with Crippen molar-refractivity contribution in [2.75, 3.05) is 5.32 Å². The molecule has 2 aromatic carbocycles. The summed E-state index contributed by atoms with van der Waals surface area (Å²) in [7, 11) is 0. The van der Waals surface area contributed by atoms with E-state index in [4.69, 9.17) is 0 Å². The lowest BCUT2D eigenvalue weighted by Gasteiger charge is -2.08. The molecule has 20 heavy (non-hydrogen) atoms. The second-order valence-corrected chi connectivity index (χ2v) is 4.06. The molecule has 0 saturated heterocycles. The van der Waals surface area contributed by atoms with E-state index in [0.29, 0.717) is 5.56 Å². The first kappa shape index (κ1) is 13.9. The van der Waals surface area contributed by atoms with Crippen molar-refractivity contribution in [2.24, 2.45) is 0 Å². The van der Waals surface area contributed by atoms with Crippen LogP contribution in [-0.2, 0) is 6.54 Å². The maximum atomic E-state index is 12.9. The molecule has 0 aliphatic heterocycles. The molecule has 2 N–H and O–H groups in total. The maximum Gasteiger partial charge on any atom is 0.319 e. The Labute approximate surface area is 113 Å². The van der Waals surface area contributed by atoms with Gasteiger partial charge < -0.3 is 10.6 Å². The highest BCUT2D eigenvalue weighted by atomic mass is 19.2. The van der Waals surface area contributed by atoms with Crippen molar-refractivity contribution >= 4 is 11.7 Å². The number of nitrogens with one attached hydrogen (secondary N) is 2. The quantitative estimate of drug-likeness (QED) is 0.888. The highest BCUT2D eigenvalue weighted by molar-refractivity contribution is 5.89. The Morgan fingerprint density at radius 2 is 1.65 bits per heavy atom. The van der Waals surface area contributed by atoms with Crippen molar-refractivity contribution in [3.63, 3.8) is 0 Å². The van der Waals surface area contributed by atoms with Gasteiger partial charge in [0, 0.05) is 18.3 Å². The second kappa shape index (κ2) is 6.10. The van der Waals surface area contributed by atoms with Gasteiger partial charge in [0.2, 0.25) is 0 Å². The summed E-state index contributed by atoms with van der Waals surface area (Å²) in [4.78, 5) is 11.5. The molecule has 6 heteroatoms. The van der Waals surface area contributed by atoms with Gasteiger partial charge in [0.1, 0.15) is 5.82 Å². The van der Waals surface area contributed by atoms with Crippen LogP contribution >= 0.6 is 0 Å². The summed E-state index contributed by atoms with van der Waals surface area (Å²) in [5.74, 6) is -2.39. The lowest BCUT2D eigenvalue weighted by molar-refractivity contribution is 0.251. The topological polar surface area (TPSA) is 41.1 Å². The fraction of sp³-hybridized carbons (Fsp3) is 0.0714. The van der Waals surface area contributed by atoms with E-state index in [0.717, 1.165) is 12.1 Å². The molecule has 3 nitrogen and oxygen atoms in total.